The Morgan fingerprint density at radius 2 is 2.04 bits per heavy atom. The lowest BCUT2D eigenvalue weighted by molar-refractivity contribution is 0.572. The molecule has 0 fully saturated rings. The predicted molar refractivity (Wildman–Crippen MR) is 106 cm³/mol. The van der Waals surface area contributed by atoms with Crippen LogP contribution >= 0.6 is 15.9 Å². The molecule has 0 spiro atoms. The van der Waals surface area contributed by atoms with E-state index in [1.807, 2.05) is 61.5 Å². The molecule has 4 rings (SSSR count). The van der Waals surface area contributed by atoms with Crippen molar-refractivity contribution in [1.29, 1.82) is 5.26 Å². The average Bonchev–Trinajstić information content (AvgIpc) is 3.28. The number of imidazole rings is 1. The quantitative estimate of drug-likeness (QED) is 0.429. The molecule has 2 heterocycles. The molecule has 5 heteroatoms. The summed E-state index contributed by atoms with van der Waals surface area (Å²) in [5, 5.41) is 9.53. The van der Waals surface area contributed by atoms with Crippen LogP contribution in [0.4, 0.5) is 0 Å². The molecule has 0 atom stereocenters. The van der Waals surface area contributed by atoms with Crippen molar-refractivity contribution in [3.05, 3.63) is 76.2 Å². The molecule has 0 radical (unpaired) electrons. The lowest BCUT2D eigenvalue weighted by atomic mass is 10.1. The largest absolute Gasteiger partial charge is 0.457 e. The van der Waals surface area contributed by atoms with E-state index in [1.54, 1.807) is 6.08 Å². The zero-order valence-electron chi connectivity index (χ0n) is 14.0. The number of nitriles is 1. The fraction of sp³-hybridized carbons (Fsp3) is 0.0476. The summed E-state index contributed by atoms with van der Waals surface area (Å²) in [6.07, 6.45) is 1.70. The van der Waals surface area contributed by atoms with E-state index in [1.165, 1.54) is 0 Å². The Labute approximate surface area is 158 Å². The average molecular weight is 404 g/mol. The highest BCUT2D eigenvalue weighted by Gasteiger charge is 2.10. The maximum absolute atomic E-state index is 9.53. The van der Waals surface area contributed by atoms with Gasteiger partial charge in [0.2, 0.25) is 0 Å². The van der Waals surface area contributed by atoms with Crippen LogP contribution in [0.5, 0.6) is 0 Å². The van der Waals surface area contributed by atoms with Gasteiger partial charge in [0.05, 0.1) is 16.6 Å². The van der Waals surface area contributed by atoms with Crippen molar-refractivity contribution in [3.63, 3.8) is 0 Å². The maximum atomic E-state index is 9.53. The number of rotatable bonds is 3. The summed E-state index contributed by atoms with van der Waals surface area (Å²) in [5.41, 5.74) is 4.29. The molecule has 0 aliphatic carbocycles. The Bertz CT molecular complexity index is 1140. The SMILES string of the molecule is Cc1ccc(-c2ccc(/C=C(\C#N)c3nc4ccccc4[nH]3)o2)cc1Br. The van der Waals surface area contributed by atoms with E-state index < -0.39 is 0 Å². The fourth-order valence-corrected chi connectivity index (χ4v) is 3.09. The fourth-order valence-electron chi connectivity index (χ4n) is 2.71. The molecule has 2 aromatic heterocycles. The van der Waals surface area contributed by atoms with Crippen molar-refractivity contribution in [1.82, 2.24) is 9.97 Å². The van der Waals surface area contributed by atoms with Gasteiger partial charge in [-0.3, -0.25) is 0 Å². The number of halogens is 1. The highest BCUT2D eigenvalue weighted by atomic mass is 79.9. The minimum absolute atomic E-state index is 0.423. The maximum Gasteiger partial charge on any atom is 0.149 e. The minimum atomic E-state index is 0.423. The zero-order valence-corrected chi connectivity index (χ0v) is 15.5. The molecule has 0 bridgehead atoms. The number of H-pyrrole nitrogens is 1. The van der Waals surface area contributed by atoms with Crippen molar-refractivity contribution in [2.24, 2.45) is 0 Å². The van der Waals surface area contributed by atoms with Crippen LogP contribution in [0.3, 0.4) is 0 Å². The third-order valence-electron chi connectivity index (χ3n) is 4.13. The third kappa shape index (κ3) is 3.07. The van der Waals surface area contributed by atoms with Gasteiger partial charge in [0.1, 0.15) is 23.4 Å². The number of aryl methyl sites for hydroxylation is 1. The summed E-state index contributed by atoms with van der Waals surface area (Å²) in [4.78, 5) is 7.64. The second-order valence-electron chi connectivity index (χ2n) is 5.94. The van der Waals surface area contributed by atoms with Crippen molar-refractivity contribution in [3.8, 4) is 17.4 Å². The first kappa shape index (κ1) is 16.4. The van der Waals surface area contributed by atoms with Crippen molar-refractivity contribution >= 4 is 38.6 Å². The van der Waals surface area contributed by atoms with E-state index in [-0.39, 0.29) is 0 Å². The molecule has 0 amide bonds. The molecule has 4 aromatic rings. The van der Waals surface area contributed by atoms with E-state index >= 15 is 0 Å². The number of fused-ring (bicyclic) bond motifs is 1. The number of hydrogen-bond acceptors (Lipinski definition) is 3. The Kier molecular flexibility index (Phi) is 4.19. The number of nitrogens with one attached hydrogen (secondary N) is 1. The minimum Gasteiger partial charge on any atom is -0.457 e. The predicted octanol–water partition coefficient (Wildman–Crippen LogP) is 5.96. The van der Waals surface area contributed by atoms with Gasteiger partial charge in [0.15, 0.2) is 0 Å². The van der Waals surface area contributed by atoms with Crippen LogP contribution in [-0.2, 0) is 0 Å². The van der Waals surface area contributed by atoms with Gasteiger partial charge in [0, 0.05) is 16.1 Å². The lowest BCUT2D eigenvalue weighted by Gasteiger charge is -2.01. The van der Waals surface area contributed by atoms with E-state index in [9.17, 15) is 5.26 Å². The van der Waals surface area contributed by atoms with Gasteiger partial charge >= 0.3 is 0 Å². The second kappa shape index (κ2) is 6.66. The van der Waals surface area contributed by atoms with E-state index in [2.05, 4.69) is 32.0 Å². The first-order valence-electron chi connectivity index (χ1n) is 8.07. The van der Waals surface area contributed by atoms with E-state index in [0.717, 1.165) is 32.4 Å². The van der Waals surface area contributed by atoms with Crippen molar-refractivity contribution in [2.45, 2.75) is 6.92 Å². The summed E-state index contributed by atoms with van der Waals surface area (Å²) in [6, 6.07) is 19.7. The summed E-state index contributed by atoms with van der Waals surface area (Å²) >= 11 is 3.54. The molecule has 0 aliphatic rings. The summed E-state index contributed by atoms with van der Waals surface area (Å²) < 4.78 is 6.93. The van der Waals surface area contributed by atoms with Crippen LogP contribution in [0.1, 0.15) is 17.1 Å². The molecule has 0 saturated heterocycles. The second-order valence-corrected chi connectivity index (χ2v) is 6.79. The van der Waals surface area contributed by atoms with Gasteiger partial charge < -0.3 is 9.40 Å². The standard InChI is InChI=1S/C21H14BrN3O/c1-13-6-7-14(11-17(13)22)20-9-8-16(26-20)10-15(12-23)21-24-18-4-2-3-5-19(18)25-21/h2-11H,1H3,(H,24,25)/b15-10+. The van der Waals surface area contributed by atoms with Gasteiger partial charge in [0.25, 0.3) is 0 Å². The molecule has 2 aromatic carbocycles. The number of allylic oxidation sites excluding steroid dienone is 1. The van der Waals surface area contributed by atoms with Gasteiger partial charge in [-0.1, -0.05) is 40.2 Å². The molecule has 26 heavy (non-hydrogen) atoms. The number of aromatic nitrogens is 2. The summed E-state index contributed by atoms with van der Waals surface area (Å²) in [6.45, 7) is 2.04. The smallest absolute Gasteiger partial charge is 0.149 e. The summed E-state index contributed by atoms with van der Waals surface area (Å²) in [7, 11) is 0. The highest BCUT2D eigenvalue weighted by molar-refractivity contribution is 9.10. The monoisotopic (exact) mass is 403 g/mol. The summed E-state index contributed by atoms with van der Waals surface area (Å²) in [5.74, 6) is 1.89. The number of para-hydroxylation sites is 2. The Hall–Kier alpha value is -3.10. The van der Waals surface area contributed by atoms with Gasteiger partial charge in [-0.05, 0) is 42.8 Å². The topological polar surface area (TPSA) is 65.6 Å². The molecule has 0 unspecified atom stereocenters. The Morgan fingerprint density at radius 1 is 1.19 bits per heavy atom. The lowest BCUT2D eigenvalue weighted by Crippen LogP contribution is -1.84. The zero-order chi connectivity index (χ0) is 18.1. The number of hydrogen-bond donors (Lipinski definition) is 1. The van der Waals surface area contributed by atoms with Crippen LogP contribution in [0.15, 0.2) is 63.5 Å². The molecular formula is C21H14BrN3O. The van der Waals surface area contributed by atoms with Crippen LogP contribution in [0.25, 0.3) is 34.0 Å². The van der Waals surface area contributed by atoms with Crippen molar-refractivity contribution in [2.75, 3.05) is 0 Å². The number of benzene rings is 2. The molecule has 0 aliphatic heterocycles. The van der Waals surface area contributed by atoms with Gasteiger partial charge in [-0.15, -0.1) is 0 Å². The van der Waals surface area contributed by atoms with Crippen LogP contribution in [0, 0.1) is 18.3 Å². The Balaban J connectivity index is 1.69. The van der Waals surface area contributed by atoms with Gasteiger partial charge in [-0.2, -0.15) is 5.26 Å². The first-order valence-corrected chi connectivity index (χ1v) is 8.86. The molecular weight excluding hydrogens is 390 g/mol. The van der Waals surface area contributed by atoms with Crippen LogP contribution in [0.2, 0.25) is 0 Å². The van der Waals surface area contributed by atoms with Crippen LogP contribution in [-0.4, -0.2) is 9.97 Å². The molecule has 0 saturated carbocycles. The molecule has 1 N–H and O–H groups in total. The Morgan fingerprint density at radius 3 is 2.81 bits per heavy atom. The number of aromatic amines is 1. The molecule has 126 valence electrons. The highest BCUT2D eigenvalue weighted by Crippen LogP contribution is 2.28. The third-order valence-corrected chi connectivity index (χ3v) is 4.99. The van der Waals surface area contributed by atoms with Crippen LogP contribution < -0.4 is 0 Å². The van der Waals surface area contributed by atoms with Gasteiger partial charge in [-0.25, -0.2) is 4.98 Å². The van der Waals surface area contributed by atoms with Crippen molar-refractivity contribution < 1.29 is 4.42 Å². The molecule has 4 nitrogen and oxygen atoms in total. The number of nitrogens with zero attached hydrogens (tertiary/aromatic N) is 2. The van der Waals surface area contributed by atoms with E-state index in [4.69, 9.17) is 4.42 Å². The van der Waals surface area contributed by atoms with E-state index in [0.29, 0.717) is 17.2 Å². The number of furan rings is 1. The normalized spacial score (nSPS) is 11.7. The first-order chi connectivity index (χ1) is 12.6.